The smallest absolute Gasteiger partial charge is 2.00 e. The minimum atomic E-state index is 0. The van der Waals surface area contributed by atoms with Crippen molar-refractivity contribution in [3.05, 3.63) is 0 Å². The average Bonchev–Trinajstić information content (AvgIpc) is 0. The first-order valence-electron chi connectivity index (χ1n) is 0. The van der Waals surface area contributed by atoms with Gasteiger partial charge in [0, 0.05) is 0 Å². The van der Waals surface area contributed by atoms with Crippen LogP contribution in [0.3, 0.4) is 0 Å². The summed E-state index contributed by atoms with van der Waals surface area (Å²) in [6.45, 7) is 0. The number of rotatable bonds is 0. The van der Waals surface area contributed by atoms with Crippen LogP contribution in [0.4, 0.5) is 0 Å². The Labute approximate surface area is 68.4 Å². The molecule has 0 amide bonds. The SMILES string of the molecule is [Cr+3].[Cr+3].[Cr+3].[O-2].[O-2].[O-2]. The van der Waals surface area contributed by atoms with Gasteiger partial charge in [-0.15, -0.1) is 0 Å². The van der Waals surface area contributed by atoms with E-state index in [0.29, 0.717) is 0 Å². The maximum Gasteiger partial charge on any atom is 3.00 e. The van der Waals surface area contributed by atoms with Crippen molar-refractivity contribution < 1.29 is 68.5 Å². The summed E-state index contributed by atoms with van der Waals surface area (Å²) in [7, 11) is 0. The maximum absolute atomic E-state index is 0. The molecule has 33 valence electrons. The van der Waals surface area contributed by atoms with Crippen LogP contribution in [0.15, 0.2) is 0 Å². The molecule has 0 saturated heterocycles. The second-order valence-electron chi connectivity index (χ2n) is 0. The van der Waals surface area contributed by atoms with Gasteiger partial charge in [0.05, 0.1) is 0 Å². The van der Waals surface area contributed by atoms with Gasteiger partial charge in [0.25, 0.3) is 0 Å². The van der Waals surface area contributed by atoms with E-state index in [9.17, 15) is 0 Å². The molecule has 0 spiro atoms. The second kappa shape index (κ2) is 89.0. The Morgan fingerprint density at radius 1 is 0.333 bits per heavy atom. The van der Waals surface area contributed by atoms with Crippen LogP contribution in [0.5, 0.6) is 0 Å². The Hall–Kier alpha value is 1.48. The molecule has 6 heavy (non-hydrogen) atoms. The molecule has 0 aliphatic heterocycles. The molecule has 0 atom stereocenters. The summed E-state index contributed by atoms with van der Waals surface area (Å²) in [6.07, 6.45) is 0. The molecule has 0 aromatic heterocycles. The van der Waals surface area contributed by atoms with Crippen molar-refractivity contribution in [1.82, 2.24) is 0 Å². The van der Waals surface area contributed by atoms with E-state index in [2.05, 4.69) is 0 Å². The van der Waals surface area contributed by atoms with E-state index in [-0.39, 0.29) is 68.5 Å². The van der Waals surface area contributed by atoms with Gasteiger partial charge in [-0.3, -0.25) is 0 Å². The predicted octanol–water partition coefficient (Wildman–Crippen LogP) is -0.364. The third kappa shape index (κ3) is 50.3. The first-order chi connectivity index (χ1) is 0. The molecule has 0 aliphatic carbocycles. The molecular weight excluding hydrogens is 204 g/mol. The summed E-state index contributed by atoms with van der Waals surface area (Å²) in [5, 5.41) is 0. The van der Waals surface area contributed by atoms with Gasteiger partial charge in [0.2, 0.25) is 0 Å². The first-order valence-corrected chi connectivity index (χ1v) is 0. The van der Waals surface area contributed by atoms with E-state index in [4.69, 9.17) is 0 Å². The van der Waals surface area contributed by atoms with Crippen molar-refractivity contribution in [2.45, 2.75) is 0 Å². The van der Waals surface area contributed by atoms with Gasteiger partial charge < -0.3 is 16.4 Å². The zero-order valence-corrected chi connectivity index (χ0v) is 6.27. The molecule has 0 fully saturated rings. The van der Waals surface area contributed by atoms with Crippen molar-refractivity contribution in [1.29, 1.82) is 0 Å². The van der Waals surface area contributed by atoms with Crippen LogP contribution >= 0.6 is 0 Å². The quantitative estimate of drug-likeness (QED) is 0.515. The fourth-order valence-electron chi connectivity index (χ4n) is 0. The molecule has 0 heterocycles. The maximum atomic E-state index is 0. The molecule has 0 aliphatic rings. The van der Waals surface area contributed by atoms with Gasteiger partial charge in [-0.05, 0) is 0 Å². The molecular formula is Cr3O3+3. The Balaban J connectivity index is 0. The van der Waals surface area contributed by atoms with Crippen molar-refractivity contribution in [3.8, 4) is 0 Å². The largest absolute Gasteiger partial charge is 3.00 e. The molecule has 0 rings (SSSR count). The van der Waals surface area contributed by atoms with Gasteiger partial charge in [0.1, 0.15) is 0 Å². The minimum absolute atomic E-state index is 0. The fourth-order valence-corrected chi connectivity index (χ4v) is 0. The van der Waals surface area contributed by atoms with Gasteiger partial charge in [0.15, 0.2) is 0 Å². The zero-order valence-electron chi connectivity index (χ0n) is 2.45. The van der Waals surface area contributed by atoms with Crippen LogP contribution in [-0.4, -0.2) is 0 Å². The van der Waals surface area contributed by atoms with E-state index in [0.717, 1.165) is 0 Å². The Morgan fingerprint density at radius 3 is 0.333 bits per heavy atom. The molecule has 3 nitrogen and oxygen atoms in total. The molecule has 6 heteroatoms. The average molecular weight is 204 g/mol. The third-order valence-electron chi connectivity index (χ3n) is 0. The normalized spacial score (nSPS) is 0. The van der Waals surface area contributed by atoms with Crippen molar-refractivity contribution >= 4 is 0 Å². The molecule has 0 saturated carbocycles. The van der Waals surface area contributed by atoms with Gasteiger partial charge in [-0.2, -0.15) is 0 Å². The first kappa shape index (κ1) is 144. The Morgan fingerprint density at radius 2 is 0.333 bits per heavy atom. The van der Waals surface area contributed by atoms with Gasteiger partial charge in [-0.1, -0.05) is 0 Å². The topological polar surface area (TPSA) is 85.5 Å². The molecule has 0 bridgehead atoms. The standard InChI is InChI=1S/3Cr.3O/q3*+3;3*-2. The molecule has 0 aromatic rings. The predicted molar refractivity (Wildman–Crippen MR) is 2.06 cm³/mol. The van der Waals surface area contributed by atoms with Crippen LogP contribution < -0.4 is 0 Å². The molecule has 0 unspecified atom stereocenters. The van der Waals surface area contributed by atoms with Crippen LogP contribution in [-0.2, 0) is 68.5 Å². The summed E-state index contributed by atoms with van der Waals surface area (Å²) in [6, 6.07) is 0. The van der Waals surface area contributed by atoms with Crippen LogP contribution in [0.2, 0.25) is 0 Å². The van der Waals surface area contributed by atoms with Gasteiger partial charge in [-0.25, -0.2) is 0 Å². The van der Waals surface area contributed by atoms with Crippen molar-refractivity contribution in [2.24, 2.45) is 0 Å². The summed E-state index contributed by atoms with van der Waals surface area (Å²) >= 11 is 0. The van der Waals surface area contributed by atoms with Crippen molar-refractivity contribution in [2.75, 3.05) is 0 Å². The van der Waals surface area contributed by atoms with E-state index in [1.54, 1.807) is 0 Å². The summed E-state index contributed by atoms with van der Waals surface area (Å²) in [5.41, 5.74) is 0. The molecule has 0 N–H and O–H groups in total. The Kier molecular flexibility index (Phi) is 2130. The molecule has 0 aromatic carbocycles. The van der Waals surface area contributed by atoms with E-state index in [1.165, 1.54) is 0 Å². The van der Waals surface area contributed by atoms with Crippen LogP contribution in [0.1, 0.15) is 0 Å². The monoisotopic (exact) mass is 204 g/mol. The number of hydrogen-bond donors (Lipinski definition) is 0. The minimum Gasteiger partial charge on any atom is -2.00 e. The van der Waals surface area contributed by atoms with Gasteiger partial charge >= 0.3 is 52.1 Å². The van der Waals surface area contributed by atoms with Crippen LogP contribution in [0.25, 0.3) is 0 Å². The summed E-state index contributed by atoms with van der Waals surface area (Å²) in [4.78, 5) is 0. The molecule has 3 radical (unpaired) electrons. The Bertz CT molecular complexity index is 6.00. The summed E-state index contributed by atoms with van der Waals surface area (Å²) in [5.74, 6) is 0. The second-order valence-corrected chi connectivity index (χ2v) is 0. The van der Waals surface area contributed by atoms with E-state index < -0.39 is 0 Å². The summed E-state index contributed by atoms with van der Waals surface area (Å²) < 4.78 is 0. The van der Waals surface area contributed by atoms with E-state index in [1.807, 2.05) is 0 Å². The van der Waals surface area contributed by atoms with Crippen molar-refractivity contribution in [3.63, 3.8) is 0 Å². The van der Waals surface area contributed by atoms with Crippen LogP contribution in [0, 0.1) is 0 Å². The fraction of sp³-hybridized carbons (Fsp3) is 0. The zero-order chi connectivity index (χ0) is 0. The number of hydrogen-bond acceptors (Lipinski definition) is 0. The van der Waals surface area contributed by atoms with E-state index >= 15 is 0 Å². The third-order valence-corrected chi connectivity index (χ3v) is 0.